The fourth-order valence-electron chi connectivity index (χ4n) is 4.04. The number of hydrogen-bond donors (Lipinski definition) is 0. The van der Waals surface area contributed by atoms with E-state index >= 15 is 0 Å². The Balaban J connectivity index is 2.60. The summed E-state index contributed by atoms with van der Waals surface area (Å²) in [5.41, 5.74) is 2.52. The van der Waals surface area contributed by atoms with Gasteiger partial charge in [0.05, 0.1) is 6.04 Å². The molecule has 1 fully saturated rings. The third kappa shape index (κ3) is 5.53. The largest absolute Gasteiger partial charge is 0.298 e. The van der Waals surface area contributed by atoms with E-state index < -0.39 is 0 Å². The third-order valence-electron chi connectivity index (χ3n) is 5.34. The Morgan fingerprint density at radius 1 is 1.29 bits per heavy atom. The van der Waals surface area contributed by atoms with Crippen molar-refractivity contribution in [3.8, 4) is 0 Å². The van der Waals surface area contributed by atoms with Crippen LogP contribution in [0.3, 0.4) is 0 Å². The van der Waals surface area contributed by atoms with Crippen molar-refractivity contribution >= 4 is 17.9 Å². The van der Waals surface area contributed by atoms with Crippen molar-refractivity contribution < 1.29 is 4.79 Å². The molecule has 2 rings (SSSR count). The van der Waals surface area contributed by atoms with Crippen LogP contribution in [0, 0.1) is 0 Å². The summed E-state index contributed by atoms with van der Waals surface area (Å²) in [6, 6.07) is 8.42. The van der Waals surface area contributed by atoms with Crippen molar-refractivity contribution in [2.75, 3.05) is 6.54 Å². The van der Waals surface area contributed by atoms with Gasteiger partial charge in [-0.05, 0) is 62.6 Å². The smallest absolute Gasteiger partial charge is 0.146 e. The molecule has 1 heterocycles. The summed E-state index contributed by atoms with van der Waals surface area (Å²) in [5, 5.41) is 2.18. The first-order chi connectivity index (χ1) is 13.5. The second-order valence-corrected chi connectivity index (χ2v) is 7.47. The molecule has 2 unspecified atom stereocenters. The van der Waals surface area contributed by atoms with Gasteiger partial charge in [0.15, 0.2) is 0 Å². The van der Waals surface area contributed by atoms with Crippen LogP contribution in [0.5, 0.6) is 0 Å². The molecule has 1 aromatic rings. The highest BCUT2D eigenvalue weighted by molar-refractivity contribution is 5.82. The maximum atomic E-state index is 12.3. The topological polar surface area (TPSA) is 20.3 Å². The number of ketones is 1. The van der Waals surface area contributed by atoms with Gasteiger partial charge in [0.25, 0.3) is 0 Å². The first-order valence-electron chi connectivity index (χ1n) is 10.1. The lowest BCUT2D eigenvalue weighted by Crippen LogP contribution is -2.45. The Morgan fingerprint density at radius 2 is 2.04 bits per heavy atom. The number of hydrogen-bond acceptors (Lipinski definition) is 2. The first kappa shape index (κ1) is 21.8. The fraction of sp³-hybridized carbons (Fsp3) is 0.346. The molecule has 0 aliphatic carbocycles. The van der Waals surface area contributed by atoms with Gasteiger partial charge in [-0.25, -0.2) is 0 Å². The van der Waals surface area contributed by atoms with Gasteiger partial charge >= 0.3 is 0 Å². The molecule has 148 valence electrons. The average molecular weight is 376 g/mol. The van der Waals surface area contributed by atoms with Crippen LogP contribution < -0.4 is 10.4 Å². The zero-order valence-electron chi connectivity index (χ0n) is 17.5. The van der Waals surface area contributed by atoms with Gasteiger partial charge in [0.1, 0.15) is 5.78 Å². The Kier molecular flexibility index (Phi) is 8.41. The van der Waals surface area contributed by atoms with Gasteiger partial charge in [-0.1, -0.05) is 79.5 Å². The van der Waals surface area contributed by atoms with Gasteiger partial charge in [-0.15, -0.1) is 0 Å². The van der Waals surface area contributed by atoms with E-state index in [0.717, 1.165) is 36.2 Å². The Hall–Kier alpha value is -2.45. The number of likely N-dealkylation sites (tertiary alicyclic amines) is 1. The minimum absolute atomic E-state index is 0.00116. The van der Waals surface area contributed by atoms with Gasteiger partial charge in [-0.2, -0.15) is 0 Å². The minimum Gasteiger partial charge on any atom is -0.298 e. The molecule has 2 nitrogen and oxygen atoms in total. The molecule has 0 spiro atoms. The monoisotopic (exact) mass is 375 g/mol. The summed E-state index contributed by atoms with van der Waals surface area (Å²) < 4.78 is 0. The van der Waals surface area contributed by atoms with Crippen LogP contribution in [0.2, 0.25) is 0 Å². The fourth-order valence-corrected chi connectivity index (χ4v) is 4.04. The zero-order chi connectivity index (χ0) is 20.5. The highest BCUT2D eigenvalue weighted by Gasteiger charge is 2.34. The first-order valence-corrected chi connectivity index (χ1v) is 10.1. The maximum Gasteiger partial charge on any atom is 0.146 e. The molecule has 1 aliphatic rings. The van der Waals surface area contributed by atoms with E-state index in [4.69, 9.17) is 0 Å². The maximum absolute atomic E-state index is 12.3. The molecule has 0 bridgehead atoms. The highest BCUT2D eigenvalue weighted by Crippen LogP contribution is 2.29. The summed E-state index contributed by atoms with van der Waals surface area (Å²) >= 11 is 0. The quantitative estimate of drug-likeness (QED) is 0.631. The Bertz CT molecular complexity index is 887. The van der Waals surface area contributed by atoms with E-state index in [2.05, 4.69) is 61.4 Å². The standard InChI is InChI=1S/C26H33NO/c1-6-8-9-14-20(3)19-26(27-18-12-17-25(27)22(5)28)24(13-7-2)23-16-11-10-15-21(23)4/h6-11,13-16,25-26H,1,4,12,17-19H2,2-3,5H3/b9-8-,13-7-,20-14+,24-23+. The summed E-state index contributed by atoms with van der Waals surface area (Å²) in [6.07, 6.45) is 15.0. The van der Waals surface area contributed by atoms with Crippen LogP contribution in [0.4, 0.5) is 0 Å². The summed E-state index contributed by atoms with van der Waals surface area (Å²) in [4.78, 5) is 14.7. The van der Waals surface area contributed by atoms with Crippen LogP contribution in [0.25, 0.3) is 12.2 Å². The van der Waals surface area contributed by atoms with Gasteiger partial charge in [0, 0.05) is 6.04 Å². The van der Waals surface area contributed by atoms with Crippen molar-refractivity contribution in [3.63, 3.8) is 0 Å². The van der Waals surface area contributed by atoms with Gasteiger partial charge < -0.3 is 0 Å². The van der Waals surface area contributed by atoms with Crippen molar-refractivity contribution in [3.05, 3.63) is 83.3 Å². The van der Waals surface area contributed by atoms with E-state index in [0.29, 0.717) is 0 Å². The molecule has 1 aliphatic heterocycles. The van der Waals surface area contributed by atoms with E-state index in [1.165, 1.54) is 11.1 Å². The molecule has 0 aromatic heterocycles. The Morgan fingerprint density at radius 3 is 2.68 bits per heavy atom. The van der Waals surface area contributed by atoms with Crippen LogP contribution in [0.15, 0.2) is 72.9 Å². The lowest BCUT2D eigenvalue weighted by molar-refractivity contribution is -0.121. The molecule has 0 saturated carbocycles. The number of carbonyl (C=O) groups excluding carboxylic acids is 1. The molecular formula is C26H33NO. The summed E-state index contributed by atoms with van der Waals surface area (Å²) in [7, 11) is 0. The van der Waals surface area contributed by atoms with Gasteiger partial charge in [0.2, 0.25) is 0 Å². The van der Waals surface area contributed by atoms with Crippen LogP contribution >= 0.6 is 0 Å². The molecule has 28 heavy (non-hydrogen) atoms. The highest BCUT2D eigenvalue weighted by atomic mass is 16.1. The van der Waals surface area contributed by atoms with Crippen LogP contribution in [-0.2, 0) is 4.79 Å². The number of Topliss-reactive ketones (excluding diaryl/α,β-unsaturated/α-hetero) is 1. The molecule has 1 saturated heterocycles. The zero-order valence-corrected chi connectivity index (χ0v) is 17.5. The summed E-state index contributed by atoms with van der Waals surface area (Å²) in [5.74, 6) is 0.262. The molecule has 0 radical (unpaired) electrons. The third-order valence-corrected chi connectivity index (χ3v) is 5.34. The lowest BCUT2D eigenvalue weighted by atomic mass is 9.93. The van der Waals surface area contributed by atoms with Crippen LogP contribution in [0.1, 0.15) is 40.0 Å². The number of rotatable bonds is 8. The molecule has 2 atom stereocenters. The summed E-state index contributed by atoms with van der Waals surface area (Å²) in [6.45, 7) is 14.9. The second kappa shape index (κ2) is 10.8. The molecule has 1 aromatic carbocycles. The SMILES string of the molecule is C=C/C=C\C=C(/C)CC(C(/C=C\C)=c1\ccccc1=C)N1CCCC1C(C)=O. The van der Waals surface area contributed by atoms with Crippen molar-refractivity contribution in [2.45, 2.75) is 52.1 Å². The predicted molar refractivity (Wildman–Crippen MR) is 121 cm³/mol. The van der Waals surface area contributed by atoms with Crippen molar-refractivity contribution in [1.82, 2.24) is 4.90 Å². The van der Waals surface area contributed by atoms with Gasteiger partial charge in [-0.3, -0.25) is 9.69 Å². The number of benzene rings is 1. The van der Waals surface area contributed by atoms with E-state index in [9.17, 15) is 4.79 Å². The average Bonchev–Trinajstić information content (AvgIpc) is 3.15. The van der Waals surface area contributed by atoms with Crippen molar-refractivity contribution in [1.29, 1.82) is 0 Å². The minimum atomic E-state index is -0.00116. The van der Waals surface area contributed by atoms with Crippen molar-refractivity contribution in [2.24, 2.45) is 0 Å². The number of nitrogens with zero attached hydrogens (tertiary/aromatic N) is 1. The van der Waals surface area contributed by atoms with Crippen LogP contribution in [-0.4, -0.2) is 29.3 Å². The van der Waals surface area contributed by atoms with E-state index in [-0.39, 0.29) is 17.9 Å². The molecule has 0 amide bonds. The number of carbonyl (C=O) groups is 1. The predicted octanol–water partition coefficient (Wildman–Crippen LogP) is 4.32. The molecule has 2 heteroatoms. The normalized spacial score (nSPS) is 20.7. The molecular weight excluding hydrogens is 342 g/mol. The second-order valence-electron chi connectivity index (χ2n) is 7.47. The Labute approximate surface area is 170 Å². The molecule has 0 N–H and O–H groups in total. The van der Waals surface area contributed by atoms with E-state index in [1.807, 2.05) is 25.1 Å². The lowest BCUT2D eigenvalue weighted by Gasteiger charge is -2.33. The van der Waals surface area contributed by atoms with E-state index in [1.54, 1.807) is 13.0 Å². The number of allylic oxidation sites excluding steroid dienone is 5.